The van der Waals surface area contributed by atoms with Crippen LogP contribution in [0.2, 0.25) is 5.02 Å². The lowest BCUT2D eigenvalue weighted by molar-refractivity contribution is -0.0164. The maximum absolute atomic E-state index is 6.23. The number of nitrogens with two attached hydrogens (primary N) is 1. The topological polar surface area (TPSA) is 44.5 Å². The number of rotatable bonds is 2. The lowest BCUT2D eigenvalue weighted by atomic mass is 10.0. The van der Waals surface area contributed by atoms with Crippen molar-refractivity contribution in [1.29, 1.82) is 0 Å². The summed E-state index contributed by atoms with van der Waals surface area (Å²) in [6, 6.07) is 3.93. The largest absolute Gasteiger partial charge is 0.467 e. The fraction of sp³-hybridized carbons (Fsp3) is 0.500. The third-order valence-electron chi connectivity index (χ3n) is 3.22. The number of ether oxygens (including phenoxy) is 2. The van der Waals surface area contributed by atoms with Crippen molar-refractivity contribution in [2.75, 3.05) is 6.79 Å². The van der Waals surface area contributed by atoms with E-state index < -0.39 is 0 Å². The molecule has 0 radical (unpaired) electrons. The SMILES string of the molecule is NC1(Cc2cc3c(cc2Cl)COCO3)CC1. The third-order valence-corrected chi connectivity index (χ3v) is 3.57. The summed E-state index contributed by atoms with van der Waals surface area (Å²) in [5.41, 5.74) is 8.18. The van der Waals surface area contributed by atoms with Crippen LogP contribution in [0.1, 0.15) is 24.0 Å². The molecule has 4 heteroatoms. The van der Waals surface area contributed by atoms with Crippen molar-refractivity contribution in [3.63, 3.8) is 0 Å². The first-order valence-electron chi connectivity index (χ1n) is 5.47. The Balaban J connectivity index is 1.92. The Hall–Kier alpha value is -0.770. The van der Waals surface area contributed by atoms with E-state index in [4.69, 9.17) is 26.8 Å². The van der Waals surface area contributed by atoms with Gasteiger partial charge in [0.05, 0.1) is 6.61 Å². The van der Waals surface area contributed by atoms with E-state index in [9.17, 15) is 0 Å². The van der Waals surface area contributed by atoms with Gasteiger partial charge < -0.3 is 15.2 Å². The maximum atomic E-state index is 6.23. The Morgan fingerprint density at radius 1 is 1.38 bits per heavy atom. The summed E-state index contributed by atoms with van der Waals surface area (Å²) in [4.78, 5) is 0. The number of hydrogen-bond acceptors (Lipinski definition) is 3. The van der Waals surface area contributed by atoms with Gasteiger partial charge in [0, 0.05) is 16.1 Å². The van der Waals surface area contributed by atoms with Crippen LogP contribution in [-0.4, -0.2) is 12.3 Å². The van der Waals surface area contributed by atoms with Crippen molar-refractivity contribution in [3.8, 4) is 5.75 Å². The monoisotopic (exact) mass is 239 g/mol. The molecule has 1 aromatic carbocycles. The molecule has 1 saturated carbocycles. The van der Waals surface area contributed by atoms with Crippen molar-refractivity contribution < 1.29 is 9.47 Å². The van der Waals surface area contributed by atoms with Gasteiger partial charge in [-0.3, -0.25) is 0 Å². The summed E-state index contributed by atoms with van der Waals surface area (Å²) < 4.78 is 10.6. The number of fused-ring (bicyclic) bond motifs is 1. The molecule has 3 rings (SSSR count). The fourth-order valence-electron chi connectivity index (χ4n) is 1.99. The third kappa shape index (κ3) is 1.90. The van der Waals surface area contributed by atoms with Crippen LogP contribution in [-0.2, 0) is 17.8 Å². The highest BCUT2D eigenvalue weighted by Gasteiger charge is 2.38. The number of benzene rings is 1. The highest BCUT2D eigenvalue weighted by molar-refractivity contribution is 6.31. The molecule has 1 fully saturated rings. The molecule has 0 atom stereocenters. The summed E-state index contributed by atoms with van der Waals surface area (Å²) in [7, 11) is 0. The maximum Gasteiger partial charge on any atom is 0.189 e. The summed E-state index contributed by atoms with van der Waals surface area (Å²) in [5, 5.41) is 0.768. The van der Waals surface area contributed by atoms with Crippen LogP contribution >= 0.6 is 11.6 Å². The first-order valence-corrected chi connectivity index (χ1v) is 5.85. The van der Waals surface area contributed by atoms with Crippen LogP contribution in [0.4, 0.5) is 0 Å². The lowest BCUT2D eigenvalue weighted by Gasteiger charge is -2.20. The highest BCUT2D eigenvalue weighted by atomic mass is 35.5. The average Bonchev–Trinajstić information content (AvgIpc) is 2.97. The summed E-state index contributed by atoms with van der Waals surface area (Å²) in [5.74, 6) is 0.884. The van der Waals surface area contributed by atoms with Gasteiger partial charge in [0.25, 0.3) is 0 Å². The van der Waals surface area contributed by atoms with Crippen molar-refractivity contribution in [2.24, 2.45) is 5.73 Å². The second kappa shape index (κ2) is 3.62. The second-order valence-electron chi connectivity index (χ2n) is 4.70. The zero-order valence-corrected chi connectivity index (χ0v) is 9.72. The van der Waals surface area contributed by atoms with Gasteiger partial charge >= 0.3 is 0 Å². The molecule has 0 aromatic heterocycles. The lowest BCUT2D eigenvalue weighted by Crippen LogP contribution is -2.25. The van der Waals surface area contributed by atoms with Gasteiger partial charge in [-0.1, -0.05) is 11.6 Å². The Morgan fingerprint density at radius 3 is 2.94 bits per heavy atom. The van der Waals surface area contributed by atoms with Crippen molar-refractivity contribution >= 4 is 11.6 Å². The fourth-order valence-corrected chi connectivity index (χ4v) is 2.25. The van der Waals surface area contributed by atoms with Crippen LogP contribution < -0.4 is 10.5 Å². The summed E-state index contributed by atoms with van der Waals surface area (Å²) in [6.07, 6.45) is 3.01. The molecule has 0 saturated heterocycles. The molecule has 3 nitrogen and oxygen atoms in total. The quantitative estimate of drug-likeness (QED) is 0.861. The molecule has 1 aliphatic carbocycles. The predicted octanol–water partition coefficient (Wildman–Crippen LogP) is 2.24. The predicted molar refractivity (Wildman–Crippen MR) is 61.6 cm³/mol. The van der Waals surface area contributed by atoms with E-state index in [2.05, 4.69) is 0 Å². The molecule has 2 aliphatic rings. The van der Waals surface area contributed by atoms with E-state index in [1.54, 1.807) is 0 Å². The Kier molecular flexibility index (Phi) is 2.35. The van der Waals surface area contributed by atoms with Gasteiger partial charge in [0.1, 0.15) is 5.75 Å². The van der Waals surface area contributed by atoms with E-state index in [0.717, 1.165) is 41.2 Å². The molecule has 2 N–H and O–H groups in total. The van der Waals surface area contributed by atoms with Gasteiger partial charge in [0.2, 0.25) is 0 Å². The minimum atomic E-state index is -0.0248. The first-order chi connectivity index (χ1) is 7.66. The van der Waals surface area contributed by atoms with Crippen LogP contribution in [0.3, 0.4) is 0 Å². The molecule has 86 valence electrons. The van der Waals surface area contributed by atoms with Crippen LogP contribution in [0, 0.1) is 0 Å². The molecule has 0 amide bonds. The summed E-state index contributed by atoms with van der Waals surface area (Å²) >= 11 is 6.23. The first kappa shape index (κ1) is 10.4. The average molecular weight is 240 g/mol. The molecule has 0 unspecified atom stereocenters. The zero-order valence-electron chi connectivity index (χ0n) is 8.96. The van der Waals surface area contributed by atoms with Gasteiger partial charge in [-0.25, -0.2) is 0 Å². The molecular weight excluding hydrogens is 226 g/mol. The normalized spacial score (nSPS) is 21.1. The van der Waals surface area contributed by atoms with Gasteiger partial charge in [-0.15, -0.1) is 0 Å². The Morgan fingerprint density at radius 2 is 2.19 bits per heavy atom. The minimum absolute atomic E-state index is 0.0248. The van der Waals surface area contributed by atoms with Crippen LogP contribution in [0.25, 0.3) is 0 Å². The molecule has 1 aromatic rings. The van der Waals surface area contributed by atoms with E-state index in [1.807, 2.05) is 12.1 Å². The van der Waals surface area contributed by atoms with E-state index in [1.165, 1.54) is 0 Å². The van der Waals surface area contributed by atoms with Gasteiger partial charge in [-0.05, 0) is 37.0 Å². The van der Waals surface area contributed by atoms with Crippen molar-refractivity contribution in [3.05, 3.63) is 28.3 Å². The summed E-state index contributed by atoms with van der Waals surface area (Å²) in [6.45, 7) is 0.894. The van der Waals surface area contributed by atoms with Crippen molar-refractivity contribution in [2.45, 2.75) is 31.4 Å². The van der Waals surface area contributed by atoms with E-state index >= 15 is 0 Å². The zero-order chi connectivity index (χ0) is 11.2. The molecule has 1 heterocycles. The highest BCUT2D eigenvalue weighted by Crippen LogP contribution is 2.39. The molecule has 0 spiro atoms. The Labute approximate surface area is 99.5 Å². The van der Waals surface area contributed by atoms with E-state index in [0.29, 0.717) is 13.4 Å². The van der Waals surface area contributed by atoms with Crippen LogP contribution in [0.5, 0.6) is 5.75 Å². The second-order valence-corrected chi connectivity index (χ2v) is 5.11. The molecule has 1 aliphatic heterocycles. The smallest absolute Gasteiger partial charge is 0.189 e. The molecular formula is C12H14ClNO2. The van der Waals surface area contributed by atoms with Gasteiger partial charge in [0.15, 0.2) is 6.79 Å². The van der Waals surface area contributed by atoms with Crippen LogP contribution in [0.15, 0.2) is 12.1 Å². The standard InChI is InChI=1S/C12H14ClNO2/c13-10-3-9-6-15-7-16-11(9)4-8(10)5-12(14)1-2-12/h3-4H,1-2,5-7,14H2. The number of halogens is 1. The van der Waals surface area contributed by atoms with E-state index in [-0.39, 0.29) is 5.54 Å². The van der Waals surface area contributed by atoms with Gasteiger partial charge in [-0.2, -0.15) is 0 Å². The Bertz CT molecular complexity index is 429. The molecule has 0 bridgehead atoms. The minimum Gasteiger partial charge on any atom is -0.467 e. The molecule has 16 heavy (non-hydrogen) atoms. The van der Waals surface area contributed by atoms with Crippen molar-refractivity contribution in [1.82, 2.24) is 0 Å². The number of hydrogen-bond donors (Lipinski definition) is 1.